The molecule has 0 radical (unpaired) electrons. The normalized spacial score (nSPS) is 20.4. The van der Waals surface area contributed by atoms with E-state index in [9.17, 15) is 14.9 Å². The Bertz CT molecular complexity index is 1160. The zero-order chi connectivity index (χ0) is 24.7. The molecule has 1 unspecified atom stereocenters. The minimum absolute atomic E-state index is 0.0845. The zero-order valence-electron chi connectivity index (χ0n) is 20.4. The van der Waals surface area contributed by atoms with Crippen molar-refractivity contribution in [3.8, 4) is 6.07 Å². The monoisotopic (exact) mass is 461 g/mol. The molecule has 0 bridgehead atoms. The van der Waals surface area contributed by atoms with Crippen LogP contribution in [0.2, 0.25) is 0 Å². The summed E-state index contributed by atoms with van der Waals surface area (Å²) in [6.07, 6.45) is 4.15. The number of nitriles is 1. The van der Waals surface area contributed by atoms with Gasteiger partial charge in [0.15, 0.2) is 0 Å². The van der Waals surface area contributed by atoms with Gasteiger partial charge in [-0.2, -0.15) is 10.2 Å². The van der Waals surface area contributed by atoms with E-state index < -0.39 is 11.0 Å². The second-order valence-corrected chi connectivity index (χ2v) is 10.4. The van der Waals surface area contributed by atoms with Gasteiger partial charge >= 0.3 is 5.97 Å². The van der Waals surface area contributed by atoms with Crippen molar-refractivity contribution >= 4 is 29.3 Å². The number of esters is 1. The molecule has 1 aromatic heterocycles. The first-order chi connectivity index (χ1) is 16.0. The number of ether oxygens (including phenoxy) is 1. The lowest BCUT2D eigenvalue weighted by molar-refractivity contribution is -0.124. The molecule has 0 spiro atoms. The van der Waals surface area contributed by atoms with E-state index in [-0.39, 0.29) is 17.8 Å². The van der Waals surface area contributed by atoms with E-state index in [1.165, 1.54) is 0 Å². The number of nitrogens with one attached hydrogen (secondary N) is 1. The van der Waals surface area contributed by atoms with Crippen molar-refractivity contribution in [1.82, 2.24) is 9.97 Å². The molecule has 2 fully saturated rings. The van der Waals surface area contributed by atoms with Crippen molar-refractivity contribution in [3.05, 3.63) is 41.6 Å². The summed E-state index contributed by atoms with van der Waals surface area (Å²) in [5, 5.41) is 12.9. The topological polar surface area (TPSA) is 108 Å². The maximum Gasteiger partial charge on any atom is 0.338 e. The highest BCUT2D eigenvalue weighted by Crippen LogP contribution is 2.43. The number of amides is 1. The number of rotatable bonds is 6. The van der Waals surface area contributed by atoms with Crippen LogP contribution in [0.25, 0.3) is 0 Å². The second kappa shape index (κ2) is 8.71. The molecule has 1 saturated carbocycles. The molecule has 1 amide bonds. The van der Waals surface area contributed by atoms with E-state index in [1.54, 1.807) is 23.2 Å². The number of benzene rings is 1. The van der Waals surface area contributed by atoms with Gasteiger partial charge in [0.1, 0.15) is 16.8 Å². The van der Waals surface area contributed by atoms with E-state index in [0.29, 0.717) is 36.2 Å². The zero-order valence-corrected chi connectivity index (χ0v) is 20.4. The minimum Gasteiger partial charge on any atom is -0.456 e. The summed E-state index contributed by atoms with van der Waals surface area (Å²) in [6, 6.07) is 9.46. The van der Waals surface area contributed by atoms with Gasteiger partial charge in [-0.05, 0) is 81.7 Å². The van der Waals surface area contributed by atoms with E-state index >= 15 is 0 Å². The molecular formula is C26H31N5O3. The van der Waals surface area contributed by atoms with Gasteiger partial charge in [0, 0.05) is 18.4 Å². The fourth-order valence-electron chi connectivity index (χ4n) is 4.30. The third kappa shape index (κ3) is 4.60. The Hall–Kier alpha value is -3.47. The molecule has 1 aliphatic heterocycles. The average Bonchev–Trinajstić information content (AvgIpc) is 3.55. The summed E-state index contributed by atoms with van der Waals surface area (Å²) >= 11 is 0. The lowest BCUT2D eigenvalue weighted by atomic mass is 9.77. The smallest absolute Gasteiger partial charge is 0.338 e. The summed E-state index contributed by atoms with van der Waals surface area (Å²) in [6.45, 7) is 9.81. The Morgan fingerprint density at radius 3 is 2.62 bits per heavy atom. The van der Waals surface area contributed by atoms with Crippen LogP contribution >= 0.6 is 0 Å². The molecule has 34 heavy (non-hydrogen) atoms. The summed E-state index contributed by atoms with van der Waals surface area (Å²) in [5.74, 6) is 0.530. The van der Waals surface area contributed by atoms with Crippen molar-refractivity contribution in [3.63, 3.8) is 0 Å². The van der Waals surface area contributed by atoms with E-state index in [0.717, 1.165) is 24.1 Å². The quantitative estimate of drug-likeness (QED) is 0.606. The summed E-state index contributed by atoms with van der Waals surface area (Å²) in [4.78, 5) is 36.2. The molecule has 2 heterocycles. The Kier molecular flexibility index (Phi) is 6.07. The molecule has 1 N–H and O–H groups in total. The lowest BCUT2D eigenvalue weighted by Gasteiger charge is -2.24. The van der Waals surface area contributed by atoms with Gasteiger partial charge in [-0.1, -0.05) is 13.8 Å². The van der Waals surface area contributed by atoms with Crippen LogP contribution in [0.1, 0.15) is 75.7 Å². The molecule has 2 aromatic rings. The number of hydrogen-bond acceptors (Lipinski definition) is 7. The predicted molar refractivity (Wildman–Crippen MR) is 129 cm³/mol. The Morgan fingerprint density at radius 1 is 1.29 bits per heavy atom. The maximum atomic E-state index is 13.1. The van der Waals surface area contributed by atoms with Crippen LogP contribution in [0.3, 0.4) is 0 Å². The number of nitrogens with zero attached hydrogens (tertiary/aromatic N) is 4. The van der Waals surface area contributed by atoms with E-state index in [1.807, 2.05) is 46.8 Å². The molecule has 1 aromatic carbocycles. The predicted octanol–water partition coefficient (Wildman–Crippen LogP) is 4.96. The third-order valence-corrected chi connectivity index (χ3v) is 6.40. The standard InChI is InChI=1S/C26H31N5O3/c1-16(2)26(15-27)11-13-31(23(26)33)21-10-12-28-24(30-21)29-18-8-9-19(20(14-18)17-6-7-17)22(32)34-25(3,4)5/h8-10,12,14,16-17H,6-7,11,13H2,1-5H3,(H,28,29,30). The highest BCUT2D eigenvalue weighted by Gasteiger charge is 2.50. The van der Waals surface area contributed by atoms with Crippen LogP contribution in [-0.2, 0) is 9.53 Å². The number of carbonyl (C=O) groups is 2. The van der Waals surface area contributed by atoms with Crippen molar-refractivity contribution in [2.75, 3.05) is 16.8 Å². The van der Waals surface area contributed by atoms with Gasteiger partial charge in [-0.3, -0.25) is 9.69 Å². The Labute approximate surface area is 200 Å². The average molecular weight is 462 g/mol. The van der Waals surface area contributed by atoms with Crippen LogP contribution < -0.4 is 10.2 Å². The molecular weight excluding hydrogens is 430 g/mol. The van der Waals surface area contributed by atoms with Crippen LogP contribution in [-0.4, -0.2) is 34.0 Å². The van der Waals surface area contributed by atoms with Gasteiger partial charge in [0.25, 0.3) is 0 Å². The molecule has 2 aliphatic rings. The van der Waals surface area contributed by atoms with Gasteiger partial charge in [-0.25, -0.2) is 9.78 Å². The number of carbonyl (C=O) groups excluding carboxylic acids is 2. The fourth-order valence-corrected chi connectivity index (χ4v) is 4.30. The Balaban J connectivity index is 1.56. The van der Waals surface area contributed by atoms with Crippen LogP contribution in [0.4, 0.5) is 17.5 Å². The molecule has 8 heteroatoms. The first kappa shape index (κ1) is 23.7. The molecule has 178 valence electrons. The highest BCUT2D eigenvalue weighted by atomic mass is 16.6. The SMILES string of the molecule is CC(C)C1(C#N)CCN(c2ccnc(Nc3ccc(C(=O)OC(C)(C)C)c(C4CC4)c3)n2)C1=O. The molecule has 8 nitrogen and oxygen atoms in total. The van der Waals surface area contributed by atoms with Crippen LogP contribution in [0.5, 0.6) is 0 Å². The first-order valence-electron chi connectivity index (χ1n) is 11.7. The van der Waals surface area contributed by atoms with Gasteiger partial charge in [-0.15, -0.1) is 0 Å². The highest BCUT2D eigenvalue weighted by molar-refractivity contribution is 6.01. The summed E-state index contributed by atoms with van der Waals surface area (Å²) in [7, 11) is 0. The summed E-state index contributed by atoms with van der Waals surface area (Å²) in [5.41, 5.74) is 0.722. The van der Waals surface area contributed by atoms with E-state index in [4.69, 9.17) is 4.74 Å². The van der Waals surface area contributed by atoms with Crippen LogP contribution in [0.15, 0.2) is 30.5 Å². The molecule has 1 aliphatic carbocycles. The fraction of sp³-hybridized carbons (Fsp3) is 0.500. The number of hydrogen-bond donors (Lipinski definition) is 1. The minimum atomic E-state index is -1.02. The van der Waals surface area contributed by atoms with Crippen molar-refractivity contribution in [2.24, 2.45) is 11.3 Å². The third-order valence-electron chi connectivity index (χ3n) is 6.40. The molecule has 1 saturated heterocycles. The second-order valence-electron chi connectivity index (χ2n) is 10.4. The van der Waals surface area contributed by atoms with Gasteiger partial charge < -0.3 is 10.1 Å². The first-order valence-corrected chi connectivity index (χ1v) is 11.7. The van der Waals surface area contributed by atoms with Gasteiger partial charge in [0.05, 0.1) is 11.6 Å². The lowest BCUT2D eigenvalue weighted by Crippen LogP contribution is -2.37. The largest absolute Gasteiger partial charge is 0.456 e. The molecule has 1 atom stereocenters. The maximum absolute atomic E-state index is 13.1. The van der Waals surface area contributed by atoms with Crippen molar-refractivity contribution in [2.45, 2.75) is 65.4 Å². The molecule has 4 rings (SSSR count). The number of aromatic nitrogens is 2. The van der Waals surface area contributed by atoms with Crippen molar-refractivity contribution < 1.29 is 14.3 Å². The summed E-state index contributed by atoms with van der Waals surface area (Å²) < 4.78 is 5.58. The van der Waals surface area contributed by atoms with Gasteiger partial charge in [0.2, 0.25) is 11.9 Å². The number of anilines is 3. The van der Waals surface area contributed by atoms with E-state index in [2.05, 4.69) is 21.4 Å². The Morgan fingerprint density at radius 2 is 2.03 bits per heavy atom. The van der Waals surface area contributed by atoms with Crippen LogP contribution in [0, 0.1) is 22.7 Å². The van der Waals surface area contributed by atoms with Crippen molar-refractivity contribution in [1.29, 1.82) is 5.26 Å².